The molecule has 0 saturated heterocycles. The van der Waals surface area contributed by atoms with Crippen molar-refractivity contribution in [2.24, 2.45) is 11.8 Å². The molecule has 1 fully saturated rings. The van der Waals surface area contributed by atoms with Crippen LogP contribution in [0.5, 0.6) is 0 Å². The monoisotopic (exact) mass is 269 g/mol. The van der Waals surface area contributed by atoms with Crippen molar-refractivity contribution in [3.8, 4) is 0 Å². The van der Waals surface area contributed by atoms with Crippen LogP contribution >= 0.6 is 0 Å². The average molecular weight is 269 g/mol. The fourth-order valence-electron chi connectivity index (χ4n) is 2.85. The zero-order chi connectivity index (χ0) is 14.3. The van der Waals surface area contributed by atoms with Crippen molar-refractivity contribution in [3.05, 3.63) is 0 Å². The predicted molar refractivity (Wildman–Crippen MR) is 74.8 cm³/mol. The van der Waals surface area contributed by atoms with Gasteiger partial charge in [-0.3, -0.25) is 9.59 Å². The van der Waals surface area contributed by atoms with Gasteiger partial charge < -0.3 is 10.4 Å². The molecule has 4 heteroatoms. The van der Waals surface area contributed by atoms with E-state index in [4.69, 9.17) is 5.11 Å². The second-order valence-electron chi connectivity index (χ2n) is 5.68. The Morgan fingerprint density at radius 3 is 2.37 bits per heavy atom. The molecule has 1 rings (SSSR count). The number of carboxylic acids is 1. The fraction of sp³-hybridized carbons (Fsp3) is 0.867. The van der Waals surface area contributed by atoms with Crippen LogP contribution in [0.1, 0.15) is 65.2 Å². The summed E-state index contributed by atoms with van der Waals surface area (Å²) in [7, 11) is 0. The van der Waals surface area contributed by atoms with Gasteiger partial charge in [-0.15, -0.1) is 0 Å². The molecule has 1 amide bonds. The Labute approximate surface area is 116 Å². The zero-order valence-corrected chi connectivity index (χ0v) is 12.2. The smallest absolute Gasteiger partial charge is 0.306 e. The van der Waals surface area contributed by atoms with Gasteiger partial charge in [-0.2, -0.15) is 0 Å². The molecule has 1 aliphatic rings. The van der Waals surface area contributed by atoms with Crippen LogP contribution < -0.4 is 5.32 Å². The van der Waals surface area contributed by atoms with Gasteiger partial charge in [0.25, 0.3) is 0 Å². The highest BCUT2D eigenvalue weighted by Gasteiger charge is 2.34. The zero-order valence-electron chi connectivity index (χ0n) is 12.2. The Kier molecular flexibility index (Phi) is 6.89. The SMILES string of the molecule is CCCCC(CCC)NC(=O)[C@@H]1CC[C@H](C(=O)O)C1. The first-order valence-corrected chi connectivity index (χ1v) is 7.61. The van der Waals surface area contributed by atoms with Gasteiger partial charge in [0.15, 0.2) is 0 Å². The van der Waals surface area contributed by atoms with Gasteiger partial charge in [0, 0.05) is 12.0 Å². The van der Waals surface area contributed by atoms with Crippen molar-refractivity contribution in [1.82, 2.24) is 5.32 Å². The van der Waals surface area contributed by atoms with Crippen molar-refractivity contribution < 1.29 is 14.7 Å². The third-order valence-electron chi connectivity index (χ3n) is 4.04. The third-order valence-corrected chi connectivity index (χ3v) is 4.04. The highest BCUT2D eigenvalue weighted by atomic mass is 16.4. The Hall–Kier alpha value is -1.06. The van der Waals surface area contributed by atoms with E-state index in [1.54, 1.807) is 0 Å². The topological polar surface area (TPSA) is 66.4 Å². The lowest BCUT2D eigenvalue weighted by Gasteiger charge is -2.20. The van der Waals surface area contributed by atoms with Gasteiger partial charge in [-0.1, -0.05) is 33.1 Å². The Bertz CT molecular complexity index is 304. The van der Waals surface area contributed by atoms with E-state index >= 15 is 0 Å². The largest absolute Gasteiger partial charge is 0.481 e. The lowest BCUT2D eigenvalue weighted by molar-refractivity contribution is -0.141. The summed E-state index contributed by atoms with van der Waals surface area (Å²) >= 11 is 0. The van der Waals surface area contributed by atoms with Crippen LogP contribution in [0.2, 0.25) is 0 Å². The maximum absolute atomic E-state index is 12.2. The van der Waals surface area contributed by atoms with E-state index in [-0.39, 0.29) is 23.8 Å². The van der Waals surface area contributed by atoms with Crippen LogP contribution in [0.25, 0.3) is 0 Å². The number of unbranched alkanes of at least 4 members (excludes halogenated alkanes) is 1. The molecular formula is C15H27NO3. The van der Waals surface area contributed by atoms with Gasteiger partial charge in [-0.25, -0.2) is 0 Å². The molecule has 0 aromatic carbocycles. The van der Waals surface area contributed by atoms with E-state index in [1.807, 2.05) is 0 Å². The number of carbonyl (C=O) groups is 2. The van der Waals surface area contributed by atoms with Crippen LogP contribution in [-0.4, -0.2) is 23.0 Å². The average Bonchev–Trinajstić information content (AvgIpc) is 2.86. The quantitative estimate of drug-likeness (QED) is 0.712. The number of nitrogens with one attached hydrogen (secondary N) is 1. The van der Waals surface area contributed by atoms with Gasteiger partial charge in [0.05, 0.1) is 5.92 Å². The van der Waals surface area contributed by atoms with Crippen molar-refractivity contribution in [2.45, 2.75) is 71.3 Å². The number of rotatable bonds is 8. The van der Waals surface area contributed by atoms with Crippen LogP contribution in [0.3, 0.4) is 0 Å². The molecule has 0 aromatic rings. The van der Waals surface area contributed by atoms with Crippen molar-refractivity contribution in [3.63, 3.8) is 0 Å². The first-order valence-electron chi connectivity index (χ1n) is 7.61. The minimum absolute atomic E-state index is 0.0679. The maximum atomic E-state index is 12.2. The van der Waals surface area contributed by atoms with E-state index in [1.165, 1.54) is 0 Å². The van der Waals surface area contributed by atoms with Gasteiger partial charge in [0.1, 0.15) is 0 Å². The summed E-state index contributed by atoms with van der Waals surface area (Å²) in [6, 6.07) is 0.265. The van der Waals surface area contributed by atoms with E-state index < -0.39 is 5.97 Å². The molecule has 19 heavy (non-hydrogen) atoms. The van der Waals surface area contributed by atoms with Gasteiger partial charge >= 0.3 is 5.97 Å². The molecule has 1 unspecified atom stereocenters. The molecule has 4 nitrogen and oxygen atoms in total. The number of carbonyl (C=O) groups excluding carboxylic acids is 1. The van der Waals surface area contributed by atoms with E-state index in [9.17, 15) is 9.59 Å². The minimum atomic E-state index is -0.758. The van der Waals surface area contributed by atoms with Crippen LogP contribution in [0.15, 0.2) is 0 Å². The molecule has 1 saturated carbocycles. The second-order valence-corrected chi connectivity index (χ2v) is 5.68. The van der Waals surface area contributed by atoms with Crippen LogP contribution in [0, 0.1) is 11.8 Å². The lowest BCUT2D eigenvalue weighted by atomic mass is 10.0. The minimum Gasteiger partial charge on any atom is -0.481 e. The molecule has 0 aromatic heterocycles. The van der Waals surface area contributed by atoms with E-state index in [0.717, 1.165) is 38.5 Å². The third kappa shape index (κ3) is 5.21. The molecular weight excluding hydrogens is 242 g/mol. The Morgan fingerprint density at radius 1 is 1.16 bits per heavy atom. The molecule has 110 valence electrons. The van der Waals surface area contributed by atoms with Crippen molar-refractivity contribution in [1.29, 1.82) is 0 Å². The Morgan fingerprint density at radius 2 is 1.84 bits per heavy atom. The number of amides is 1. The number of carboxylic acid groups (broad SMARTS) is 1. The lowest BCUT2D eigenvalue weighted by Crippen LogP contribution is -2.38. The molecule has 0 heterocycles. The number of aliphatic carboxylic acids is 1. The molecule has 0 radical (unpaired) electrons. The first-order chi connectivity index (χ1) is 9.08. The molecule has 0 spiro atoms. The van der Waals surface area contributed by atoms with Crippen molar-refractivity contribution in [2.75, 3.05) is 0 Å². The van der Waals surface area contributed by atoms with E-state index in [2.05, 4.69) is 19.2 Å². The summed E-state index contributed by atoms with van der Waals surface area (Å²) < 4.78 is 0. The molecule has 2 N–H and O–H groups in total. The van der Waals surface area contributed by atoms with Gasteiger partial charge in [0.2, 0.25) is 5.91 Å². The van der Waals surface area contributed by atoms with Crippen LogP contribution in [-0.2, 0) is 9.59 Å². The fourth-order valence-corrected chi connectivity index (χ4v) is 2.85. The summed E-state index contributed by atoms with van der Waals surface area (Å²) in [5, 5.41) is 12.1. The number of hydrogen-bond donors (Lipinski definition) is 2. The molecule has 3 atom stereocenters. The molecule has 0 aliphatic heterocycles. The normalized spacial score (nSPS) is 24.1. The summed E-state index contributed by atoms with van der Waals surface area (Å²) in [4.78, 5) is 23.1. The first kappa shape index (κ1) is 16.0. The summed E-state index contributed by atoms with van der Waals surface area (Å²) in [6.45, 7) is 4.28. The highest BCUT2D eigenvalue weighted by Crippen LogP contribution is 2.31. The van der Waals surface area contributed by atoms with Crippen LogP contribution in [0.4, 0.5) is 0 Å². The second kappa shape index (κ2) is 8.18. The maximum Gasteiger partial charge on any atom is 0.306 e. The molecule has 0 bridgehead atoms. The van der Waals surface area contributed by atoms with Gasteiger partial charge in [-0.05, 0) is 32.1 Å². The number of hydrogen-bond acceptors (Lipinski definition) is 2. The predicted octanol–water partition coefficient (Wildman–Crippen LogP) is 2.96. The Balaban J connectivity index is 2.41. The van der Waals surface area contributed by atoms with Crippen molar-refractivity contribution >= 4 is 11.9 Å². The van der Waals surface area contributed by atoms with E-state index in [0.29, 0.717) is 12.8 Å². The summed E-state index contributed by atoms with van der Waals surface area (Å²) in [5.74, 6) is -1.11. The summed E-state index contributed by atoms with van der Waals surface area (Å²) in [6.07, 6.45) is 7.25. The highest BCUT2D eigenvalue weighted by molar-refractivity contribution is 5.81. The molecule has 1 aliphatic carbocycles. The standard InChI is InChI=1S/C15H27NO3/c1-3-5-7-13(6-4-2)16-14(17)11-8-9-12(10-11)15(18)19/h11-13H,3-10H2,1-2H3,(H,16,17)(H,18,19)/t11-,12+,13?/m1/s1. The summed E-state index contributed by atoms with van der Waals surface area (Å²) in [5.41, 5.74) is 0.